The summed E-state index contributed by atoms with van der Waals surface area (Å²) in [4.78, 5) is 23.6. The van der Waals surface area contributed by atoms with Crippen molar-refractivity contribution in [3.63, 3.8) is 0 Å². The highest BCUT2D eigenvalue weighted by atomic mass is 16.5. The van der Waals surface area contributed by atoms with Crippen LogP contribution in [0.4, 0.5) is 0 Å². The van der Waals surface area contributed by atoms with E-state index in [1.807, 2.05) is 30.3 Å². The van der Waals surface area contributed by atoms with Crippen LogP contribution in [0.25, 0.3) is 11.3 Å². The summed E-state index contributed by atoms with van der Waals surface area (Å²) in [6.45, 7) is 3.60. The molecule has 1 heterocycles. The second-order valence-corrected chi connectivity index (χ2v) is 4.30. The highest BCUT2D eigenvalue weighted by molar-refractivity contribution is 5.73. The zero-order chi connectivity index (χ0) is 14.5. The lowest BCUT2D eigenvalue weighted by atomic mass is 10.1. The molecule has 0 amide bonds. The molecule has 0 fully saturated rings. The van der Waals surface area contributed by atoms with E-state index < -0.39 is 12.0 Å². The second-order valence-electron chi connectivity index (χ2n) is 4.30. The van der Waals surface area contributed by atoms with E-state index >= 15 is 0 Å². The molecule has 0 aliphatic rings. The Labute approximate surface area is 116 Å². The van der Waals surface area contributed by atoms with Crippen LogP contribution in [-0.4, -0.2) is 22.4 Å². The fourth-order valence-corrected chi connectivity index (χ4v) is 1.83. The summed E-state index contributed by atoms with van der Waals surface area (Å²) in [6, 6.07) is 11.8. The number of aromatic nitrogens is 2. The maximum atomic E-state index is 11.8. The van der Waals surface area contributed by atoms with Gasteiger partial charge in [0.1, 0.15) is 0 Å². The minimum absolute atomic E-state index is 0.274. The van der Waals surface area contributed by atoms with Gasteiger partial charge in [0, 0.05) is 11.6 Å². The summed E-state index contributed by atoms with van der Waals surface area (Å²) in [7, 11) is 0. The van der Waals surface area contributed by atoms with Crippen LogP contribution in [0.5, 0.6) is 0 Å². The zero-order valence-electron chi connectivity index (χ0n) is 11.4. The van der Waals surface area contributed by atoms with Crippen LogP contribution >= 0.6 is 0 Å². The summed E-state index contributed by atoms with van der Waals surface area (Å²) < 4.78 is 6.07. The number of ether oxygens (including phenoxy) is 1. The van der Waals surface area contributed by atoms with Gasteiger partial charge in [-0.1, -0.05) is 30.3 Å². The van der Waals surface area contributed by atoms with E-state index in [4.69, 9.17) is 4.74 Å². The van der Waals surface area contributed by atoms with Gasteiger partial charge >= 0.3 is 5.97 Å². The minimum atomic E-state index is -0.744. The Balaban J connectivity index is 2.39. The first-order chi connectivity index (χ1) is 9.63. The van der Waals surface area contributed by atoms with Crippen molar-refractivity contribution < 1.29 is 9.53 Å². The SMILES string of the molecule is CCOC(=O)C(C)n1nc(-c2ccccc2)ccc1=O. The Morgan fingerprint density at radius 2 is 1.95 bits per heavy atom. The van der Waals surface area contributed by atoms with Crippen LogP contribution in [0.1, 0.15) is 19.9 Å². The largest absolute Gasteiger partial charge is 0.464 e. The summed E-state index contributed by atoms with van der Waals surface area (Å²) >= 11 is 0. The lowest BCUT2D eigenvalue weighted by Crippen LogP contribution is -2.31. The van der Waals surface area contributed by atoms with Crippen molar-refractivity contribution >= 4 is 5.97 Å². The van der Waals surface area contributed by atoms with Crippen molar-refractivity contribution in [2.24, 2.45) is 0 Å². The van der Waals surface area contributed by atoms with Gasteiger partial charge in [0.25, 0.3) is 5.56 Å². The minimum Gasteiger partial charge on any atom is -0.464 e. The second kappa shape index (κ2) is 6.14. The average Bonchev–Trinajstić information content (AvgIpc) is 2.48. The quantitative estimate of drug-likeness (QED) is 0.799. The molecule has 5 nitrogen and oxygen atoms in total. The maximum Gasteiger partial charge on any atom is 0.330 e. The highest BCUT2D eigenvalue weighted by Crippen LogP contribution is 2.15. The number of nitrogens with zero attached hydrogens (tertiary/aromatic N) is 2. The van der Waals surface area contributed by atoms with Crippen molar-refractivity contribution in [2.75, 3.05) is 6.61 Å². The number of carbonyl (C=O) groups is 1. The zero-order valence-corrected chi connectivity index (χ0v) is 11.4. The van der Waals surface area contributed by atoms with E-state index in [0.29, 0.717) is 5.69 Å². The Morgan fingerprint density at radius 1 is 1.25 bits per heavy atom. The molecular formula is C15H16N2O3. The van der Waals surface area contributed by atoms with Crippen LogP contribution < -0.4 is 5.56 Å². The maximum absolute atomic E-state index is 11.8. The molecule has 0 saturated heterocycles. The molecule has 1 unspecified atom stereocenters. The third-order valence-corrected chi connectivity index (χ3v) is 2.89. The fourth-order valence-electron chi connectivity index (χ4n) is 1.83. The Morgan fingerprint density at radius 3 is 2.60 bits per heavy atom. The van der Waals surface area contributed by atoms with Crippen molar-refractivity contribution in [3.05, 3.63) is 52.8 Å². The predicted molar refractivity (Wildman–Crippen MR) is 75.3 cm³/mol. The normalized spacial score (nSPS) is 11.9. The van der Waals surface area contributed by atoms with E-state index in [2.05, 4.69) is 5.10 Å². The third-order valence-electron chi connectivity index (χ3n) is 2.89. The van der Waals surface area contributed by atoms with Crippen LogP contribution in [-0.2, 0) is 9.53 Å². The Kier molecular flexibility index (Phi) is 4.30. The molecule has 1 atom stereocenters. The van der Waals surface area contributed by atoms with Crippen molar-refractivity contribution in [3.8, 4) is 11.3 Å². The Hall–Kier alpha value is -2.43. The van der Waals surface area contributed by atoms with Crippen molar-refractivity contribution in [1.29, 1.82) is 0 Å². The molecule has 2 rings (SSSR count). The number of benzene rings is 1. The van der Waals surface area contributed by atoms with Crippen molar-refractivity contribution in [2.45, 2.75) is 19.9 Å². The van der Waals surface area contributed by atoms with Crippen LogP contribution in [0.15, 0.2) is 47.3 Å². The molecule has 0 bridgehead atoms. The van der Waals surface area contributed by atoms with E-state index in [1.54, 1.807) is 19.9 Å². The van der Waals surface area contributed by atoms with E-state index in [-0.39, 0.29) is 12.2 Å². The van der Waals surface area contributed by atoms with Gasteiger partial charge in [0.15, 0.2) is 6.04 Å². The van der Waals surface area contributed by atoms with Gasteiger partial charge in [-0.05, 0) is 19.9 Å². The van der Waals surface area contributed by atoms with Crippen molar-refractivity contribution in [1.82, 2.24) is 9.78 Å². The molecule has 104 valence electrons. The van der Waals surface area contributed by atoms with E-state index in [9.17, 15) is 9.59 Å². The molecule has 0 spiro atoms. The molecule has 1 aromatic carbocycles. The molecule has 1 aromatic heterocycles. The number of hydrogen-bond donors (Lipinski definition) is 0. The highest BCUT2D eigenvalue weighted by Gasteiger charge is 2.18. The Bertz CT molecular complexity index is 650. The number of carbonyl (C=O) groups excluding carboxylic acids is 1. The summed E-state index contributed by atoms with van der Waals surface area (Å²) in [5.41, 5.74) is 1.20. The topological polar surface area (TPSA) is 61.2 Å². The summed E-state index contributed by atoms with van der Waals surface area (Å²) in [5.74, 6) is -0.465. The number of rotatable bonds is 4. The number of hydrogen-bond acceptors (Lipinski definition) is 4. The van der Waals surface area contributed by atoms with E-state index in [1.165, 1.54) is 6.07 Å². The first-order valence-electron chi connectivity index (χ1n) is 6.45. The van der Waals surface area contributed by atoms with E-state index in [0.717, 1.165) is 10.2 Å². The molecule has 2 aromatic rings. The van der Waals surface area contributed by atoms with Gasteiger partial charge in [0.2, 0.25) is 0 Å². The summed E-state index contributed by atoms with van der Waals surface area (Å²) in [6.07, 6.45) is 0. The van der Waals surface area contributed by atoms with Crippen LogP contribution in [0.2, 0.25) is 0 Å². The first kappa shape index (κ1) is 14.0. The molecule has 0 saturated carbocycles. The van der Waals surface area contributed by atoms with Gasteiger partial charge < -0.3 is 4.74 Å². The molecular weight excluding hydrogens is 256 g/mol. The molecule has 0 N–H and O–H groups in total. The summed E-state index contributed by atoms with van der Waals surface area (Å²) in [5, 5.41) is 4.25. The monoisotopic (exact) mass is 272 g/mol. The first-order valence-corrected chi connectivity index (χ1v) is 6.45. The van der Waals surface area contributed by atoms with Crippen LogP contribution in [0.3, 0.4) is 0 Å². The molecule has 20 heavy (non-hydrogen) atoms. The lowest BCUT2D eigenvalue weighted by molar-refractivity contribution is -0.147. The number of esters is 1. The third kappa shape index (κ3) is 2.93. The average molecular weight is 272 g/mol. The lowest BCUT2D eigenvalue weighted by Gasteiger charge is -2.13. The molecule has 0 aliphatic carbocycles. The molecule has 5 heteroatoms. The molecule has 0 aliphatic heterocycles. The van der Waals surface area contributed by atoms with Gasteiger partial charge in [-0.25, -0.2) is 9.48 Å². The van der Waals surface area contributed by atoms with Gasteiger partial charge in [0.05, 0.1) is 12.3 Å². The van der Waals surface area contributed by atoms with Gasteiger partial charge in [-0.15, -0.1) is 0 Å². The standard InChI is InChI=1S/C15H16N2O3/c1-3-20-15(19)11(2)17-14(18)10-9-13(16-17)12-7-5-4-6-8-12/h4-11H,3H2,1-2H3. The molecule has 0 radical (unpaired) electrons. The van der Waals surface area contributed by atoms with Gasteiger partial charge in [-0.3, -0.25) is 4.79 Å². The smallest absolute Gasteiger partial charge is 0.330 e. The predicted octanol–water partition coefficient (Wildman–Crippen LogP) is 2.03. The fraction of sp³-hybridized carbons (Fsp3) is 0.267. The van der Waals surface area contributed by atoms with Gasteiger partial charge in [-0.2, -0.15) is 5.10 Å². The van der Waals surface area contributed by atoms with Crippen LogP contribution in [0, 0.1) is 0 Å².